The van der Waals surface area contributed by atoms with E-state index in [1.54, 1.807) is 0 Å². The molecule has 3 rings (SSSR count). The first-order chi connectivity index (χ1) is 10.8. The van der Waals surface area contributed by atoms with Crippen LogP contribution < -0.4 is 10.5 Å². The van der Waals surface area contributed by atoms with Gasteiger partial charge >= 0.3 is 0 Å². The van der Waals surface area contributed by atoms with Gasteiger partial charge in [0.05, 0.1) is 11.5 Å². The van der Waals surface area contributed by atoms with E-state index < -0.39 is 0 Å². The van der Waals surface area contributed by atoms with Gasteiger partial charge in [-0.1, -0.05) is 48.8 Å². The van der Waals surface area contributed by atoms with E-state index in [1.807, 2.05) is 24.3 Å². The van der Waals surface area contributed by atoms with Crippen LogP contribution in [0.4, 0.5) is 0 Å². The molecule has 5 nitrogen and oxygen atoms in total. The number of nitriles is 1. The van der Waals surface area contributed by atoms with Gasteiger partial charge in [0.25, 0.3) is 0 Å². The SMILES string of the molecule is CC(C)(C)c1[nH]nc2c1C(c1ccc(Br)cc1)C(C#N)=C(N)O2. The molecule has 2 aromatic rings. The molecule has 1 aromatic carbocycles. The normalized spacial score (nSPS) is 17.4. The molecule has 0 radical (unpaired) electrons. The molecule has 3 N–H and O–H groups in total. The molecular formula is C17H17BrN4O. The van der Waals surface area contributed by atoms with E-state index in [0.717, 1.165) is 21.3 Å². The highest BCUT2D eigenvalue weighted by Crippen LogP contribution is 2.45. The molecule has 6 heteroatoms. The lowest BCUT2D eigenvalue weighted by molar-refractivity contribution is 0.378. The maximum Gasteiger partial charge on any atom is 0.244 e. The maximum atomic E-state index is 9.60. The predicted molar refractivity (Wildman–Crippen MR) is 90.7 cm³/mol. The van der Waals surface area contributed by atoms with Gasteiger partial charge in [-0.05, 0) is 17.7 Å². The summed E-state index contributed by atoms with van der Waals surface area (Å²) in [7, 11) is 0. The smallest absolute Gasteiger partial charge is 0.244 e. The molecule has 0 fully saturated rings. The number of halogens is 1. The van der Waals surface area contributed by atoms with E-state index in [1.165, 1.54) is 0 Å². The van der Waals surface area contributed by atoms with Gasteiger partial charge in [0.15, 0.2) is 0 Å². The summed E-state index contributed by atoms with van der Waals surface area (Å²) in [6.45, 7) is 6.27. The minimum absolute atomic E-state index is 0.111. The molecule has 1 unspecified atom stereocenters. The minimum atomic E-state index is -0.287. The van der Waals surface area contributed by atoms with Gasteiger partial charge < -0.3 is 10.5 Å². The first-order valence-electron chi connectivity index (χ1n) is 7.24. The molecular weight excluding hydrogens is 356 g/mol. The largest absolute Gasteiger partial charge is 0.420 e. The number of fused-ring (bicyclic) bond motifs is 1. The molecule has 0 aliphatic carbocycles. The summed E-state index contributed by atoms with van der Waals surface area (Å²) >= 11 is 3.44. The Hall–Kier alpha value is -2.26. The zero-order chi connectivity index (χ0) is 16.8. The van der Waals surface area contributed by atoms with E-state index in [-0.39, 0.29) is 17.2 Å². The molecule has 0 saturated carbocycles. The van der Waals surface area contributed by atoms with Crippen molar-refractivity contribution in [3.63, 3.8) is 0 Å². The van der Waals surface area contributed by atoms with Crippen molar-refractivity contribution >= 4 is 15.9 Å². The number of rotatable bonds is 1. The van der Waals surface area contributed by atoms with Gasteiger partial charge in [-0.3, -0.25) is 5.10 Å². The number of hydrogen-bond acceptors (Lipinski definition) is 4. The van der Waals surface area contributed by atoms with Crippen LogP contribution in [-0.2, 0) is 5.41 Å². The highest BCUT2D eigenvalue weighted by molar-refractivity contribution is 9.10. The van der Waals surface area contributed by atoms with E-state index >= 15 is 0 Å². The van der Waals surface area contributed by atoms with Crippen molar-refractivity contribution in [2.45, 2.75) is 32.1 Å². The van der Waals surface area contributed by atoms with Gasteiger partial charge in [0, 0.05) is 15.6 Å². The summed E-state index contributed by atoms with van der Waals surface area (Å²) in [5.74, 6) is 0.268. The van der Waals surface area contributed by atoms with Crippen molar-refractivity contribution in [1.82, 2.24) is 10.2 Å². The van der Waals surface area contributed by atoms with Crippen LogP contribution in [0.5, 0.6) is 5.88 Å². The molecule has 2 heterocycles. The first kappa shape index (κ1) is 15.6. The Kier molecular flexibility index (Phi) is 3.69. The summed E-state index contributed by atoms with van der Waals surface area (Å²) in [5.41, 5.74) is 9.00. The lowest BCUT2D eigenvalue weighted by Gasteiger charge is -2.27. The molecule has 1 atom stereocenters. The van der Waals surface area contributed by atoms with Gasteiger partial charge in [-0.2, -0.15) is 5.26 Å². The Balaban J connectivity index is 2.26. The van der Waals surface area contributed by atoms with Crippen LogP contribution in [0.2, 0.25) is 0 Å². The molecule has 1 aromatic heterocycles. The fourth-order valence-corrected chi connectivity index (χ4v) is 3.07. The van der Waals surface area contributed by atoms with E-state index in [2.05, 4.69) is 53.0 Å². The Bertz CT molecular complexity index is 822. The third-order valence-corrected chi connectivity index (χ3v) is 4.42. The zero-order valence-electron chi connectivity index (χ0n) is 13.1. The van der Waals surface area contributed by atoms with Crippen molar-refractivity contribution < 1.29 is 4.74 Å². The Morgan fingerprint density at radius 1 is 1.30 bits per heavy atom. The second-order valence-electron chi connectivity index (χ2n) is 6.54. The van der Waals surface area contributed by atoms with E-state index in [4.69, 9.17) is 10.5 Å². The monoisotopic (exact) mass is 372 g/mol. The molecule has 0 spiro atoms. The van der Waals surface area contributed by atoms with E-state index in [0.29, 0.717) is 11.5 Å². The highest BCUT2D eigenvalue weighted by Gasteiger charge is 2.37. The molecule has 23 heavy (non-hydrogen) atoms. The predicted octanol–water partition coefficient (Wildman–Crippen LogP) is 3.69. The fraction of sp³-hybridized carbons (Fsp3) is 0.294. The number of allylic oxidation sites excluding steroid dienone is 1. The van der Waals surface area contributed by atoms with Gasteiger partial charge in [0.2, 0.25) is 11.8 Å². The highest BCUT2D eigenvalue weighted by atomic mass is 79.9. The van der Waals surface area contributed by atoms with Gasteiger partial charge in [-0.25, -0.2) is 0 Å². The summed E-state index contributed by atoms with van der Waals surface area (Å²) < 4.78 is 6.55. The number of aromatic nitrogens is 2. The molecule has 0 bridgehead atoms. The molecule has 0 amide bonds. The number of ether oxygens (including phenoxy) is 1. The van der Waals surface area contributed by atoms with Crippen LogP contribution >= 0.6 is 15.9 Å². The zero-order valence-corrected chi connectivity index (χ0v) is 14.7. The van der Waals surface area contributed by atoms with E-state index in [9.17, 15) is 5.26 Å². The number of hydrogen-bond donors (Lipinski definition) is 2. The number of nitrogens with one attached hydrogen (secondary N) is 1. The van der Waals surface area contributed by atoms with Crippen LogP contribution in [0.15, 0.2) is 40.2 Å². The van der Waals surface area contributed by atoms with Crippen molar-refractivity contribution in [3.05, 3.63) is 57.0 Å². The Labute approximate surface area is 143 Å². The van der Waals surface area contributed by atoms with Gasteiger partial charge in [-0.15, -0.1) is 5.10 Å². The fourth-order valence-electron chi connectivity index (χ4n) is 2.81. The number of nitrogens with zero attached hydrogens (tertiary/aromatic N) is 2. The first-order valence-corrected chi connectivity index (χ1v) is 8.04. The summed E-state index contributed by atoms with van der Waals surface area (Å²) in [4.78, 5) is 0. The minimum Gasteiger partial charge on any atom is -0.420 e. The lowest BCUT2D eigenvalue weighted by Crippen LogP contribution is -2.23. The average Bonchev–Trinajstić information content (AvgIpc) is 2.90. The second-order valence-corrected chi connectivity index (χ2v) is 7.46. The molecule has 1 aliphatic rings. The quantitative estimate of drug-likeness (QED) is 0.798. The van der Waals surface area contributed by atoms with Crippen LogP contribution in [-0.4, -0.2) is 10.2 Å². The summed E-state index contributed by atoms with van der Waals surface area (Å²) in [6, 6.07) is 10.1. The van der Waals surface area contributed by atoms with Crippen LogP contribution in [0.25, 0.3) is 0 Å². The summed E-state index contributed by atoms with van der Waals surface area (Å²) in [6.07, 6.45) is 0. The lowest BCUT2D eigenvalue weighted by atomic mass is 9.79. The van der Waals surface area contributed by atoms with Crippen LogP contribution in [0.3, 0.4) is 0 Å². The third kappa shape index (κ3) is 2.62. The Morgan fingerprint density at radius 2 is 1.96 bits per heavy atom. The molecule has 118 valence electrons. The molecule has 1 aliphatic heterocycles. The number of H-pyrrole nitrogens is 1. The number of benzene rings is 1. The standard InChI is InChI=1S/C17H17BrN4O/c1-17(2,3)14-13-12(9-4-6-10(18)7-5-9)11(8-19)15(20)23-16(13)22-21-14/h4-7,12H,20H2,1-3H3,(H,21,22). The summed E-state index contributed by atoms with van der Waals surface area (Å²) in [5, 5.41) is 16.9. The van der Waals surface area contributed by atoms with Crippen molar-refractivity contribution in [3.8, 4) is 11.9 Å². The maximum absolute atomic E-state index is 9.60. The number of aromatic amines is 1. The second kappa shape index (κ2) is 5.43. The van der Waals surface area contributed by atoms with Crippen molar-refractivity contribution in [1.29, 1.82) is 5.26 Å². The third-order valence-electron chi connectivity index (χ3n) is 3.89. The number of nitrogens with two attached hydrogens (primary N) is 1. The Morgan fingerprint density at radius 3 is 2.52 bits per heavy atom. The van der Waals surface area contributed by atoms with Crippen LogP contribution in [0.1, 0.15) is 43.5 Å². The van der Waals surface area contributed by atoms with Crippen LogP contribution in [0, 0.1) is 11.3 Å². The molecule has 0 saturated heterocycles. The topological polar surface area (TPSA) is 87.7 Å². The van der Waals surface area contributed by atoms with Crippen molar-refractivity contribution in [2.75, 3.05) is 0 Å². The van der Waals surface area contributed by atoms with Crippen molar-refractivity contribution in [2.24, 2.45) is 5.73 Å². The van der Waals surface area contributed by atoms with Gasteiger partial charge in [0.1, 0.15) is 11.6 Å². The average molecular weight is 373 g/mol.